The maximum Gasteiger partial charge on any atom is 0.0859 e. The van der Waals surface area contributed by atoms with Crippen molar-refractivity contribution in [1.29, 1.82) is 0 Å². The zero-order valence-corrected chi connectivity index (χ0v) is 14.4. The lowest BCUT2D eigenvalue weighted by Crippen LogP contribution is -2.54. The van der Waals surface area contributed by atoms with Gasteiger partial charge in [-0.1, -0.05) is 6.92 Å². The Labute approximate surface area is 133 Å². The fourth-order valence-corrected chi connectivity index (χ4v) is 4.87. The van der Waals surface area contributed by atoms with Crippen molar-refractivity contribution < 1.29 is 4.74 Å². The SMILES string of the molecule is CCNC(Cc1cc(Br)cs1)C1CN2CCCC2CO1. The first-order chi connectivity index (χ1) is 9.76. The van der Waals surface area contributed by atoms with Gasteiger partial charge in [-0.2, -0.15) is 0 Å². The number of fused-ring (bicyclic) bond motifs is 1. The van der Waals surface area contributed by atoms with Gasteiger partial charge >= 0.3 is 0 Å². The number of likely N-dealkylation sites (N-methyl/N-ethyl adjacent to an activating group) is 1. The first-order valence-electron chi connectivity index (χ1n) is 7.58. The Bertz CT molecular complexity index is 439. The predicted octanol–water partition coefficient (Wildman–Crippen LogP) is 2.89. The highest BCUT2D eigenvalue weighted by molar-refractivity contribution is 9.10. The lowest BCUT2D eigenvalue weighted by atomic mass is 10.0. The van der Waals surface area contributed by atoms with Gasteiger partial charge < -0.3 is 10.1 Å². The predicted molar refractivity (Wildman–Crippen MR) is 87.5 cm³/mol. The summed E-state index contributed by atoms with van der Waals surface area (Å²) in [5.41, 5.74) is 0. The molecule has 20 heavy (non-hydrogen) atoms. The molecule has 3 unspecified atom stereocenters. The molecule has 3 rings (SSSR count). The van der Waals surface area contributed by atoms with Crippen LogP contribution in [0.4, 0.5) is 0 Å². The van der Waals surface area contributed by atoms with Gasteiger partial charge in [0.1, 0.15) is 0 Å². The Morgan fingerprint density at radius 3 is 3.25 bits per heavy atom. The number of ether oxygens (including phenoxy) is 1. The summed E-state index contributed by atoms with van der Waals surface area (Å²) < 4.78 is 7.37. The molecule has 0 aliphatic carbocycles. The Morgan fingerprint density at radius 1 is 1.60 bits per heavy atom. The molecule has 2 saturated heterocycles. The van der Waals surface area contributed by atoms with Crippen LogP contribution >= 0.6 is 27.3 Å². The molecule has 0 aromatic carbocycles. The monoisotopic (exact) mass is 358 g/mol. The molecule has 5 heteroatoms. The van der Waals surface area contributed by atoms with E-state index >= 15 is 0 Å². The lowest BCUT2D eigenvalue weighted by molar-refractivity contribution is -0.0640. The molecule has 0 radical (unpaired) electrons. The summed E-state index contributed by atoms with van der Waals surface area (Å²) >= 11 is 5.38. The average Bonchev–Trinajstić information content (AvgIpc) is 3.06. The van der Waals surface area contributed by atoms with E-state index in [0.717, 1.165) is 26.1 Å². The number of nitrogens with one attached hydrogen (secondary N) is 1. The quantitative estimate of drug-likeness (QED) is 0.875. The zero-order chi connectivity index (χ0) is 13.9. The summed E-state index contributed by atoms with van der Waals surface area (Å²) in [5.74, 6) is 0. The van der Waals surface area contributed by atoms with Gasteiger partial charge in [0.05, 0.1) is 12.7 Å². The summed E-state index contributed by atoms with van der Waals surface area (Å²) in [6, 6.07) is 3.34. The van der Waals surface area contributed by atoms with Crippen molar-refractivity contribution in [2.75, 3.05) is 26.2 Å². The van der Waals surface area contributed by atoms with E-state index in [-0.39, 0.29) is 0 Å². The Balaban J connectivity index is 1.63. The molecule has 2 fully saturated rings. The van der Waals surface area contributed by atoms with Gasteiger partial charge in [-0.3, -0.25) is 4.90 Å². The summed E-state index contributed by atoms with van der Waals surface area (Å²) in [6.45, 7) is 6.45. The highest BCUT2D eigenvalue weighted by Gasteiger charge is 2.35. The van der Waals surface area contributed by atoms with E-state index in [2.05, 4.69) is 44.5 Å². The van der Waals surface area contributed by atoms with E-state index in [1.165, 1.54) is 28.7 Å². The molecular formula is C15H23BrN2OS. The van der Waals surface area contributed by atoms with Gasteiger partial charge in [0.25, 0.3) is 0 Å². The van der Waals surface area contributed by atoms with Crippen LogP contribution in [0.15, 0.2) is 15.9 Å². The van der Waals surface area contributed by atoms with E-state index in [1.807, 2.05) is 11.3 Å². The van der Waals surface area contributed by atoms with Gasteiger partial charge in [-0.25, -0.2) is 0 Å². The summed E-state index contributed by atoms with van der Waals surface area (Å²) in [7, 11) is 0. The molecule has 0 spiro atoms. The highest BCUT2D eigenvalue weighted by Crippen LogP contribution is 2.26. The molecule has 112 valence electrons. The third kappa shape index (κ3) is 3.45. The molecule has 0 bridgehead atoms. The molecule has 3 heterocycles. The van der Waals surface area contributed by atoms with Crippen molar-refractivity contribution in [3.63, 3.8) is 0 Å². The molecule has 0 amide bonds. The van der Waals surface area contributed by atoms with Crippen LogP contribution in [0.1, 0.15) is 24.6 Å². The zero-order valence-electron chi connectivity index (χ0n) is 12.0. The maximum absolute atomic E-state index is 6.17. The van der Waals surface area contributed by atoms with Crippen molar-refractivity contribution in [3.05, 3.63) is 20.8 Å². The van der Waals surface area contributed by atoms with Crippen LogP contribution in [0.3, 0.4) is 0 Å². The number of halogens is 1. The molecule has 1 aromatic rings. The Morgan fingerprint density at radius 2 is 2.50 bits per heavy atom. The van der Waals surface area contributed by atoms with E-state index in [4.69, 9.17) is 4.74 Å². The van der Waals surface area contributed by atoms with Gasteiger partial charge in [-0.15, -0.1) is 11.3 Å². The van der Waals surface area contributed by atoms with Crippen LogP contribution in [0.25, 0.3) is 0 Å². The van der Waals surface area contributed by atoms with E-state index in [9.17, 15) is 0 Å². The minimum Gasteiger partial charge on any atom is -0.374 e. The van der Waals surface area contributed by atoms with Gasteiger partial charge in [0, 0.05) is 33.4 Å². The summed E-state index contributed by atoms with van der Waals surface area (Å²) in [6.07, 6.45) is 4.04. The first kappa shape index (κ1) is 15.0. The number of nitrogens with zero attached hydrogens (tertiary/aromatic N) is 1. The molecule has 3 nitrogen and oxygen atoms in total. The van der Waals surface area contributed by atoms with Crippen LogP contribution in [0, 0.1) is 0 Å². The fourth-order valence-electron chi connectivity index (χ4n) is 3.36. The van der Waals surface area contributed by atoms with Crippen molar-refractivity contribution in [2.45, 2.75) is 44.4 Å². The molecule has 1 aromatic heterocycles. The molecular weight excluding hydrogens is 336 g/mol. The third-order valence-corrected chi connectivity index (χ3v) is 6.09. The fraction of sp³-hybridized carbons (Fsp3) is 0.733. The standard InChI is InChI=1S/C15H23BrN2OS/c1-2-17-14(7-13-6-11(16)10-20-13)15-8-18-5-3-4-12(18)9-19-15/h6,10,12,14-15,17H,2-5,7-9H2,1H3. The minimum absolute atomic E-state index is 0.324. The number of thiophene rings is 1. The topological polar surface area (TPSA) is 24.5 Å². The van der Waals surface area contributed by atoms with Crippen molar-refractivity contribution in [1.82, 2.24) is 10.2 Å². The van der Waals surface area contributed by atoms with Crippen molar-refractivity contribution in [2.24, 2.45) is 0 Å². The van der Waals surface area contributed by atoms with Crippen molar-refractivity contribution >= 4 is 27.3 Å². The summed E-state index contributed by atoms with van der Waals surface area (Å²) in [4.78, 5) is 4.05. The van der Waals surface area contributed by atoms with Crippen LogP contribution < -0.4 is 5.32 Å². The molecule has 2 aliphatic heterocycles. The van der Waals surface area contributed by atoms with E-state index in [0.29, 0.717) is 18.2 Å². The van der Waals surface area contributed by atoms with Gasteiger partial charge in [0.2, 0.25) is 0 Å². The molecule has 0 saturated carbocycles. The Hall–Kier alpha value is 0.0600. The number of hydrogen-bond donors (Lipinski definition) is 1. The van der Waals surface area contributed by atoms with Crippen LogP contribution in [-0.4, -0.2) is 49.3 Å². The van der Waals surface area contributed by atoms with Gasteiger partial charge in [-0.05, 0) is 54.3 Å². The number of rotatable bonds is 5. The van der Waals surface area contributed by atoms with E-state index in [1.54, 1.807) is 0 Å². The van der Waals surface area contributed by atoms with Crippen LogP contribution in [0.5, 0.6) is 0 Å². The second kappa shape index (κ2) is 6.88. The molecule has 2 aliphatic rings. The van der Waals surface area contributed by atoms with Crippen LogP contribution in [0.2, 0.25) is 0 Å². The largest absolute Gasteiger partial charge is 0.374 e. The van der Waals surface area contributed by atoms with Gasteiger partial charge in [0.15, 0.2) is 0 Å². The van der Waals surface area contributed by atoms with Crippen molar-refractivity contribution in [3.8, 4) is 0 Å². The maximum atomic E-state index is 6.17. The molecule has 1 N–H and O–H groups in total. The minimum atomic E-state index is 0.324. The third-order valence-electron chi connectivity index (χ3n) is 4.37. The summed E-state index contributed by atoms with van der Waals surface area (Å²) in [5, 5.41) is 5.79. The highest BCUT2D eigenvalue weighted by atomic mass is 79.9. The first-order valence-corrected chi connectivity index (χ1v) is 9.25. The normalized spacial score (nSPS) is 28.5. The smallest absolute Gasteiger partial charge is 0.0859 e. The number of hydrogen-bond acceptors (Lipinski definition) is 4. The van der Waals surface area contributed by atoms with E-state index < -0.39 is 0 Å². The molecule has 3 atom stereocenters. The number of morpholine rings is 1. The second-order valence-electron chi connectivity index (χ2n) is 5.76. The Kier molecular flexibility index (Phi) is 5.15. The average molecular weight is 359 g/mol. The van der Waals surface area contributed by atoms with Crippen LogP contribution in [-0.2, 0) is 11.2 Å². The second-order valence-corrected chi connectivity index (χ2v) is 7.67. The lowest BCUT2D eigenvalue weighted by Gasteiger charge is -2.39.